The van der Waals surface area contributed by atoms with Crippen LogP contribution < -0.4 is 15.0 Å². The fraction of sp³-hybridized carbons (Fsp3) is 0.389. The molecule has 2 aliphatic rings. The van der Waals surface area contributed by atoms with Crippen molar-refractivity contribution in [3.05, 3.63) is 47.4 Å². The summed E-state index contributed by atoms with van der Waals surface area (Å²) in [4.78, 5) is 22.8. The number of pyridine rings is 2. The molecular formula is C18H20N4O2. The van der Waals surface area contributed by atoms with Gasteiger partial charge in [0.05, 0.1) is 24.0 Å². The molecule has 0 spiro atoms. The van der Waals surface area contributed by atoms with E-state index in [4.69, 9.17) is 9.72 Å². The molecule has 0 aliphatic carbocycles. The molecule has 1 saturated heterocycles. The third kappa shape index (κ3) is 2.79. The molecule has 1 amide bonds. The molecule has 0 bridgehead atoms. The van der Waals surface area contributed by atoms with Crippen molar-refractivity contribution in [3.63, 3.8) is 0 Å². The fourth-order valence-electron chi connectivity index (χ4n) is 3.35. The van der Waals surface area contributed by atoms with Crippen LogP contribution in [0.4, 0.5) is 5.82 Å². The Hall–Kier alpha value is -2.63. The maximum atomic E-state index is 11.7. The molecule has 6 heteroatoms. The largest absolute Gasteiger partial charge is 0.489 e. The summed E-state index contributed by atoms with van der Waals surface area (Å²) in [6, 6.07) is 5.78. The number of hydrogen-bond acceptors (Lipinski definition) is 5. The first kappa shape index (κ1) is 14.9. The van der Waals surface area contributed by atoms with Crippen LogP contribution in [0.3, 0.4) is 0 Å². The molecular weight excluding hydrogens is 304 g/mol. The highest BCUT2D eigenvalue weighted by Crippen LogP contribution is 2.27. The molecule has 0 unspecified atom stereocenters. The number of ether oxygens (including phenoxy) is 1. The number of nitrogens with one attached hydrogen (secondary N) is 1. The molecule has 2 aliphatic heterocycles. The van der Waals surface area contributed by atoms with E-state index in [2.05, 4.69) is 15.2 Å². The first-order valence-electron chi connectivity index (χ1n) is 8.31. The minimum atomic E-state index is -0.0178. The van der Waals surface area contributed by atoms with E-state index in [1.165, 1.54) is 0 Å². The molecule has 4 rings (SSSR count). The van der Waals surface area contributed by atoms with Gasteiger partial charge in [0.15, 0.2) is 0 Å². The van der Waals surface area contributed by atoms with Gasteiger partial charge in [-0.3, -0.25) is 9.78 Å². The van der Waals surface area contributed by atoms with Gasteiger partial charge in [-0.25, -0.2) is 4.98 Å². The van der Waals surface area contributed by atoms with Gasteiger partial charge in [0.2, 0.25) is 0 Å². The lowest BCUT2D eigenvalue weighted by Gasteiger charge is -2.33. The Morgan fingerprint density at radius 2 is 2.17 bits per heavy atom. The quantitative estimate of drug-likeness (QED) is 0.936. The molecule has 6 nitrogen and oxygen atoms in total. The van der Waals surface area contributed by atoms with Crippen LogP contribution in [-0.2, 0) is 6.54 Å². The zero-order chi connectivity index (χ0) is 16.5. The molecule has 0 atom stereocenters. The predicted molar refractivity (Wildman–Crippen MR) is 90.2 cm³/mol. The normalized spacial score (nSPS) is 17.5. The van der Waals surface area contributed by atoms with E-state index in [0.717, 1.165) is 48.8 Å². The number of carbonyl (C=O) groups excluding carboxylic acids is 1. The molecule has 0 radical (unpaired) electrons. The Morgan fingerprint density at radius 1 is 1.33 bits per heavy atom. The first-order valence-corrected chi connectivity index (χ1v) is 8.31. The molecule has 1 N–H and O–H groups in total. The maximum Gasteiger partial charge on any atom is 0.253 e. The van der Waals surface area contributed by atoms with E-state index in [-0.39, 0.29) is 12.0 Å². The Morgan fingerprint density at radius 3 is 2.92 bits per heavy atom. The van der Waals surface area contributed by atoms with E-state index in [1.807, 2.05) is 25.1 Å². The van der Waals surface area contributed by atoms with Gasteiger partial charge in [-0.05, 0) is 30.7 Å². The van der Waals surface area contributed by atoms with Crippen molar-refractivity contribution >= 4 is 11.7 Å². The second-order valence-electron chi connectivity index (χ2n) is 6.30. The van der Waals surface area contributed by atoms with Gasteiger partial charge in [0.25, 0.3) is 5.91 Å². The molecule has 0 aromatic carbocycles. The zero-order valence-corrected chi connectivity index (χ0v) is 13.7. The number of nitrogens with zero attached hydrogens (tertiary/aromatic N) is 3. The molecule has 2 aromatic rings. The van der Waals surface area contributed by atoms with Crippen molar-refractivity contribution in [2.45, 2.75) is 32.4 Å². The number of piperidine rings is 1. The summed E-state index contributed by atoms with van der Waals surface area (Å²) in [5, 5.41) is 2.83. The number of amides is 1. The zero-order valence-electron chi connectivity index (χ0n) is 13.7. The van der Waals surface area contributed by atoms with Crippen molar-refractivity contribution < 1.29 is 9.53 Å². The van der Waals surface area contributed by atoms with Gasteiger partial charge in [0, 0.05) is 32.1 Å². The van der Waals surface area contributed by atoms with Crippen molar-refractivity contribution in [1.82, 2.24) is 15.3 Å². The lowest BCUT2D eigenvalue weighted by Crippen LogP contribution is -2.39. The number of hydrogen-bond donors (Lipinski definition) is 1. The Balaban J connectivity index is 1.44. The SMILES string of the molecule is Cc1cc2c(nc1N1CCC(Oc3cccnc3)CC1)CNC2=O. The Labute approximate surface area is 140 Å². The van der Waals surface area contributed by atoms with Crippen LogP contribution >= 0.6 is 0 Å². The summed E-state index contributed by atoms with van der Waals surface area (Å²) >= 11 is 0. The Kier molecular flexibility index (Phi) is 3.80. The molecule has 24 heavy (non-hydrogen) atoms. The van der Waals surface area contributed by atoms with E-state index in [1.54, 1.807) is 12.4 Å². The van der Waals surface area contributed by atoms with Crippen LogP contribution in [0.5, 0.6) is 5.75 Å². The van der Waals surface area contributed by atoms with E-state index in [0.29, 0.717) is 12.1 Å². The average molecular weight is 324 g/mol. The predicted octanol–water partition coefficient (Wildman–Crippen LogP) is 2.08. The number of rotatable bonds is 3. The van der Waals surface area contributed by atoms with Gasteiger partial charge >= 0.3 is 0 Å². The number of aromatic nitrogens is 2. The van der Waals surface area contributed by atoms with Gasteiger partial charge in [-0.2, -0.15) is 0 Å². The van der Waals surface area contributed by atoms with Gasteiger partial charge in [-0.1, -0.05) is 0 Å². The molecule has 4 heterocycles. The first-order chi connectivity index (χ1) is 11.7. The van der Waals surface area contributed by atoms with Crippen LogP contribution in [0.15, 0.2) is 30.6 Å². The van der Waals surface area contributed by atoms with Gasteiger partial charge < -0.3 is 15.0 Å². The van der Waals surface area contributed by atoms with Crippen molar-refractivity contribution in [3.8, 4) is 5.75 Å². The highest BCUT2D eigenvalue weighted by molar-refractivity contribution is 5.98. The minimum absolute atomic E-state index is 0.0178. The summed E-state index contributed by atoms with van der Waals surface area (Å²) in [6.45, 7) is 4.35. The monoisotopic (exact) mass is 324 g/mol. The molecule has 0 saturated carbocycles. The fourth-order valence-corrected chi connectivity index (χ4v) is 3.35. The lowest BCUT2D eigenvalue weighted by atomic mass is 10.1. The summed E-state index contributed by atoms with van der Waals surface area (Å²) < 4.78 is 5.99. The van der Waals surface area contributed by atoms with Crippen LogP contribution in [0.1, 0.15) is 34.5 Å². The van der Waals surface area contributed by atoms with Crippen molar-refractivity contribution in [2.24, 2.45) is 0 Å². The van der Waals surface area contributed by atoms with Gasteiger partial charge in [-0.15, -0.1) is 0 Å². The number of fused-ring (bicyclic) bond motifs is 1. The number of aryl methyl sites for hydroxylation is 1. The summed E-state index contributed by atoms with van der Waals surface area (Å²) in [5.41, 5.74) is 2.62. The summed E-state index contributed by atoms with van der Waals surface area (Å²) in [5.74, 6) is 1.80. The average Bonchev–Trinajstić information content (AvgIpc) is 2.96. The third-order valence-electron chi connectivity index (χ3n) is 4.60. The minimum Gasteiger partial charge on any atom is -0.489 e. The topological polar surface area (TPSA) is 67.3 Å². The van der Waals surface area contributed by atoms with E-state index in [9.17, 15) is 4.79 Å². The van der Waals surface area contributed by atoms with Crippen LogP contribution in [0.2, 0.25) is 0 Å². The molecule has 1 fully saturated rings. The molecule has 124 valence electrons. The Bertz CT molecular complexity index is 755. The summed E-state index contributed by atoms with van der Waals surface area (Å²) in [7, 11) is 0. The van der Waals surface area contributed by atoms with Gasteiger partial charge in [0.1, 0.15) is 17.7 Å². The number of anilines is 1. The third-order valence-corrected chi connectivity index (χ3v) is 4.60. The maximum absolute atomic E-state index is 11.7. The van der Waals surface area contributed by atoms with Crippen LogP contribution in [0, 0.1) is 6.92 Å². The van der Waals surface area contributed by atoms with Crippen LogP contribution in [0.25, 0.3) is 0 Å². The highest BCUT2D eigenvalue weighted by atomic mass is 16.5. The van der Waals surface area contributed by atoms with Crippen molar-refractivity contribution in [2.75, 3.05) is 18.0 Å². The van der Waals surface area contributed by atoms with Crippen molar-refractivity contribution in [1.29, 1.82) is 0 Å². The van der Waals surface area contributed by atoms with E-state index < -0.39 is 0 Å². The number of carbonyl (C=O) groups is 1. The summed E-state index contributed by atoms with van der Waals surface area (Å²) in [6.07, 6.45) is 5.61. The lowest BCUT2D eigenvalue weighted by molar-refractivity contribution is 0.0965. The van der Waals surface area contributed by atoms with Crippen LogP contribution in [-0.4, -0.2) is 35.1 Å². The van der Waals surface area contributed by atoms with E-state index >= 15 is 0 Å². The second kappa shape index (κ2) is 6.11. The smallest absolute Gasteiger partial charge is 0.253 e. The second-order valence-corrected chi connectivity index (χ2v) is 6.30. The standard InChI is InChI=1S/C18H20N4O2/c1-12-9-15-16(11-20-18(15)23)21-17(12)22-7-4-13(5-8-22)24-14-3-2-6-19-10-14/h2-3,6,9-10,13H,4-5,7-8,11H2,1H3,(H,20,23). The molecule has 2 aromatic heterocycles. The highest BCUT2D eigenvalue weighted by Gasteiger charge is 2.26.